The van der Waals surface area contributed by atoms with E-state index in [0.29, 0.717) is 27.2 Å². The third kappa shape index (κ3) is 4.26. The molecule has 0 saturated carbocycles. The number of likely N-dealkylation sites (tertiary alicyclic amines) is 1. The molecule has 1 aliphatic rings. The second-order valence-electron chi connectivity index (χ2n) is 5.64. The fourth-order valence-electron chi connectivity index (χ4n) is 2.71. The molecular formula is C15H21Cl3N2O. The number of nitrogens with two attached hydrogens (primary N) is 1. The van der Waals surface area contributed by atoms with Crippen molar-refractivity contribution in [1.29, 1.82) is 0 Å². The van der Waals surface area contributed by atoms with Crippen molar-refractivity contribution in [2.24, 2.45) is 5.92 Å². The Kier molecular flexibility index (Phi) is 6.79. The molecule has 0 aromatic heterocycles. The average molecular weight is 352 g/mol. The van der Waals surface area contributed by atoms with Crippen molar-refractivity contribution < 1.29 is 4.79 Å². The summed E-state index contributed by atoms with van der Waals surface area (Å²) < 4.78 is 0. The van der Waals surface area contributed by atoms with Gasteiger partial charge in [0.2, 0.25) is 0 Å². The molecule has 3 nitrogen and oxygen atoms in total. The molecule has 0 aliphatic carbocycles. The lowest BCUT2D eigenvalue weighted by Crippen LogP contribution is -2.44. The largest absolute Gasteiger partial charge is 0.396 e. The Morgan fingerprint density at radius 3 is 2.48 bits per heavy atom. The lowest BCUT2D eigenvalue weighted by molar-refractivity contribution is 0.0765. The molecule has 0 bridgehead atoms. The average Bonchev–Trinajstić information content (AvgIpc) is 2.42. The highest BCUT2D eigenvalue weighted by Crippen LogP contribution is 2.30. The van der Waals surface area contributed by atoms with Crippen molar-refractivity contribution >= 4 is 47.1 Å². The topological polar surface area (TPSA) is 46.3 Å². The lowest BCUT2D eigenvalue weighted by Gasteiger charge is -2.34. The van der Waals surface area contributed by atoms with Gasteiger partial charge in [-0.1, -0.05) is 30.1 Å². The van der Waals surface area contributed by atoms with E-state index in [9.17, 15) is 4.79 Å². The summed E-state index contributed by atoms with van der Waals surface area (Å²) in [4.78, 5) is 14.8. The number of ketones is 1. The molecule has 1 heterocycles. The van der Waals surface area contributed by atoms with E-state index in [1.165, 1.54) is 6.42 Å². The number of hydrogen-bond donors (Lipinski definition) is 1. The van der Waals surface area contributed by atoms with E-state index >= 15 is 0 Å². The molecule has 1 fully saturated rings. The minimum absolute atomic E-state index is 0. The Bertz CT molecular complexity index is 499. The maximum atomic E-state index is 12.6. The minimum atomic E-state index is -0.159. The number of carbonyl (C=O) groups excluding carboxylic acids is 1. The molecule has 0 amide bonds. The van der Waals surface area contributed by atoms with E-state index in [1.54, 1.807) is 12.1 Å². The van der Waals surface area contributed by atoms with Gasteiger partial charge in [-0.2, -0.15) is 0 Å². The summed E-state index contributed by atoms with van der Waals surface area (Å²) in [5.41, 5.74) is 6.55. The summed E-state index contributed by atoms with van der Waals surface area (Å²) in [6.07, 6.45) is 2.37. The van der Waals surface area contributed by atoms with Crippen molar-refractivity contribution in [3.05, 3.63) is 27.7 Å². The van der Waals surface area contributed by atoms with E-state index in [1.807, 2.05) is 6.92 Å². The maximum absolute atomic E-state index is 12.6. The first-order valence-corrected chi connectivity index (χ1v) is 7.68. The van der Waals surface area contributed by atoms with Crippen LogP contribution in [0.3, 0.4) is 0 Å². The molecule has 21 heavy (non-hydrogen) atoms. The van der Waals surface area contributed by atoms with E-state index in [2.05, 4.69) is 11.8 Å². The van der Waals surface area contributed by atoms with Gasteiger partial charge in [0.15, 0.2) is 5.78 Å². The van der Waals surface area contributed by atoms with Crippen LogP contribution < -0.4 is 5.73 Å². The third-order valence-corrected chi connectivity index (χ3v) is 4.60. The molecular weight excluding hydrogens is 331 g/mol. The molecule has 0 spiro atoms. The summed E-state index contributed by atoms with van der Waals surface area (Å²) >= 11 is 12.0. The third-order valence-electron chi connectivity index (χ3n) is 3.98. The van der Waals surface area contributed by atoms with Crippen molar-refractivity contribution in [3.63, 3.8) is 0 Å². The molecule has 1 saturated heterocycles. The van der Waals surface area contributed by atoms with Crippen molar-refractivity contribution in [3.8, 4) is 0 Å². The predicted molar refractivity (Wildman–Crippen MR) is 91.9 cm³/mol. The van der Waals surface area contributed by atoms with Crippen LogP contribution in [-0.4, -0.2) is 29.8 Å². The van der Waals surface area contributed by atoms with Crippen molar-refractivity contribution in [2.45, 2.75) is 32.7 Å². The van der Waals surface area contributed by atoms with Gasteiger partial charge in [0.05, 0.1) is 21.8 Å². The van der Waals surface area contributed by atoms with Crippen LogP contribution in [-0.2, 0) is 0 Å². The van der Waals surface area contributed by atoms with Crippen molar-refractivity contribution in [1.82, 2.24) is 4.90 Å². The van der Waals surface area contributed by atoms with Crippen LogP contribution in [0.5, 0.6) is 0 Å². The Hall–Kier alpha value is -0.480. The van der Waals surface area contributed by atoms with Crippen LogP contribution in [0, 0.1) is 5.92 Å². The molecule has 0 radical (unpaired) electrons. The molecule has 118 valence electrons. The summed E-state index contributed by atoms with van der Waals surface area (Å²) in [5.74, 6) is 0.681. The summed E-state index contributed by atoms with van der Waals surface area (Å²) in [6, 6.07) is 3.05. The van der Waals surface area contributed by atoms with Crippen LogP contribution >= 0.6 is 35.6 Å². The molecule has 1 aromatic rings. The van der Waals surface area contributed by atoms with Gasteiger partial charge in [0.1, 0.15) is 0 Å². The Morgan fingerprint density at radius 1 is 1.38 bits per heavy atom. The van der Waals surface area contributed by atoms with Crippen LogP contribution in [0.4, 0.5) is 5.69 Å². The van der Waals surface area contributed by atoms with Gasteiger partial charge in [-0.05, 0) is 44.4 Å². The molecule has 2 N–H and O–H groups in total. The first-order chi connectivity index (χ1) is 9.40. The Morgan fingerprint density at radius 2 is 1.95 bits per heavy atom. The molecule has 2 unspecified atom stereocenters. The SMILES string of the molecule is CC1CCCN(C(C)C(=O)c2cc(Cl)c(N)c(Cl)c2)C1.Cl. The van der Waals surface area contributed by atoms with Gasteiger partial charge in [0.25, 0.3) is 0 Å². The number of anilines is 1. The second-order valence-corrected chi connectivity index (χ2v) is 6.45. The van der Waals surface area contributed by atoms with Gasteiger partial charge in [0, 0.05) is 12.1 Å². The molecule has 6 heteroatoms. The van der Waals surface area contributed by atoms with Gasteiger partial charge in [-0.3, -0.25) is 9.69 Å². The number of piperidine rings is 1. The summed E-state index contributed by atoms with van der Waals surface area (Å²) in [5, 5.41) is 0.667. The smallest absolute Gasteiger partial charge is 0.179 e. The highest BCUT2D eigenvalue weighted by molar-refractivity contribution is 6.39. The number of hydrogen-bond acceptors (Lipinski definition) is 3. The standard InChI is InChI=1S/C15H20Cl2N2O.ClH/c1-9-4-3-5-19(8-9)10(2)15(20)11-6-12(16)14(18)13(17)7-11;/h6-7,9-10H,3-5,8,18H2,1-2H3;1H. The van der Waals surface area contributed by atoms with E-state index in [0.717, 1.165) is 19.5 Å². The molecule has 2 atom stereocenters. The van der Waals surface area contributed by atoms with E-state index in [-0.39, 0.29) is 24.2 Å². The number of nitrogens with zero attached hydrogens (tertiary/aromatic N) is 1. The van der Waals surface area contributed by atoms with Gasteiger partial charge >= 0.3 is 0 Å². The van der Waals surface area contributed by atoms with Crippen LogP contribution in [0.2, 0.25) is 10.0 Å². The van der Waals surface area contributed by atoms with Gasteiger partial charge < -0.3 is 5.73 Å². The normalized spacial score (nSPS) is 20.7. The quantitative estimate of drug-likeness (QED) is 0.652. The summed E-state index contributed by atoms with van der Waals surface area (Å²) in [7, 11) is 0. The van der Waals surface area contributed by atoms with Crippen LogP contribution in [0.25, 0.3) is 0 Å². The zero-order chi connectivity index (χ0) is 14.9. The second kappa shape index (κ2) is 7.68. The van der Waals surface area contributed by atoms with E-state index < -0.39 is 0 Å². The first kappa shape index (κ1) is 18.6. The maximum Gasteiger partial charge on any atom is 0.179 e. The fraction of sp³-hybridized carbons (Fsp3) is 0.533. The molecule has 2 rings (SSSR count). The zero-order valence-electron chi connectivity index (χ0n) is 12.2. The lowest BCUT2D eigenvalue weighted by atomic mass is 9.96. The fourth-order valence-corrected chi connectivity index (χ4v) is 3.20. The number of Topliss-reactive ketones (excluding diaryl/α,β-unsaturated/α-hetero) is 1. The summed E-state index contributed by atoms with van der Waals surface area (Å²) in [6.45, 7) is 6.09. The number of carbonyl (C=O) groups is 1. The van der Waals surface area contributed by atoms with Crippen LogP contribution in [0.15, 0.2) is 12.1 Å². The molecule has 1 aliphatic heterocycles. The van der Waals surface area contributed by atoms with Crippen molar-refractivity contribution in [2.75, 3.05) is 18.8 Å². The number of halogens is 3. The molecule has 1 aromatic carbocycles. The number of benzene rings is 1. The number of nitrogen functional groups attached to an aromatic ring is 1. The highest BCUT2D eigenvalue weighted by atomic mass is 35.5. The minimum Gasteiger partial charge on any atom is -0.396 e. The number of rotatable bonds is 3. The van der Waals surface area contributed by atoms with E-state index in [4.69, 9.17) is 28.9 Å². The first-order valence-electron chi connectivity index (χ1n) is 6.93. The zero-order valence-corrected chi connectivity index (χ0v) is 14.6. The predicted octanol–water partition coefficient (Wildman–Crippen LogP) is 4.30. The van der Waals surface area contributed by atoms with Crippen LogP contribution in [0.1, 0.15) is 37.0 Å². The Balaban J connectivity index is 0.00000220. The monoisotopic (exact) mass is 350 g/mol. The van der Waals surface area contributed by atoms with Gasteiger partial charge in [-0.15, -0.1) is 12.4 Å². The highest BCUT2D eigenvalue weighted by Gasteiger charge is 2.26. The van der Waals surface area contributed by atoms with Gasteiger partial charge in [-0.25, -0.2) is 0 Å². The Labute approximate surface area is 142 Å².